The van der Waals surface area contributed by atoms with Crippen LogP contribution in [0.2, 0.25) is 4.34 Å². The van der Waals surface area contributed by atoms with E-state index in [2.05, 4.69) is 11.0 Å². The van der Waals surface area contributed by atoms with E-state index in [1.165, 1.54) is 4.31 Å². The first-order valence-corrected chi connectivity index (χ1v) is 10.5. The smallest absolute Gasteiger partial charge is 0.252 e. The van der Waals surface area contributed by atoms with Crippen LogP contribution in [0.3, 0.4) is 0 Å². The van der Waals surface area contributed by atoms with E-state index in [1.807, 2.05) is 30.3 Å². The average Bonchev–Trinajstić information content (AvgIpc) is 3.09. The van der Waals surface area contributed by atoms with Gasteiger partial charge in [-0.1, -0.05) is 29.8 Å². The molecule has 0 atom stereocenters. The van der Waals surface area contributed by atoms with E-state index >= 15 is 0 Å². The summed E-state index contributed by atoms with van der Waals surface area (Å²) >= 11 is 6.97. The van der Waals surface area contributed by atoms with E-state index in [0.29, 0.717) is 34.7 Å². The van der Waals surface area contributed by atoms with Crippen molar-refractivity contribution >= 4 is 49.7 Å². The number of sulfonamides is 1. The van der Waals surface area contributed by atoms with Crippen LogP contribution in [-0.4, -0.2) is 43.9 Å². The van der Waals surface area contributed by atoms with Gasteiger partial charge in [0.25, 0.3) is 10.0 Å². The van der Waals surface area contributed by atoms with Gasteiger partial charge in [0.05, 0.1) is 9.85 Å². The second-order valence-electron chi connectivity index (χ2n) is 5.81. The molecule has 0 spiro atoms. The molecule has 0 radical (unpaired) electrons. The number of hydrogen-bond acceptors (Lipinski definition) is 5. The largest absolute Gasteiger partial charge is 0.354 e. The highest BCUT2D eigenvalue weighted by Crippen LogP contribution is 2.29. The summed E-state index contributed by atoms with van der Waals surface area (Å²) in [6.07, 6.45) is 0. The van der Waals surface area contributed by atoms with Gasteiger partial charge < -0.3 is 4.90 Å². The lowest BCUT2D eigenvalue weighted by molar-refractivity contribution is 0.385. The van der Waals surface area contributed by atoms with Gasteiger partial charge in [0.1, 0.15) is 10.0 Å². The van der Waals surface area contributed by atoms with Crippen molar-refractivity contribution in [3.63, 3.8) is 0 Å². The van der Waals surface area contributed by atoms with Crippen LogP contribution in [0.1, 0.15) is 0 Å². The van der Waals surface area contributed by atoms with Crippen molar-refractivity contribution in [1.82, 2.24) is 9.29 Å². The molecule has 3 aromatic rings. The number of fused-ring (bicyclic) bond motifs is 1. The zero-order valence-corrected chi connectivity index (χ0v) is 15.7. The van der Waals surface area contributed by atoms with Gasteiger partial charge >= 0.3 is 0 Å². The Bertz CT molecular complexity index is 1010. The molecule has 0 bridgehead atoms. The van der Waals surface area contributed by atoms with Gasteiger partial charge in [-0.2, -0.15) is 4.31 Å². The SMILES string of the molecule is O=S(=O)(c1ccc(Cl)s1)N1CCN(c2ccc3ccccc3n2)CC1. The third-order valence-corrected chi connectivity index (χ3v) is 7.89. The van der Waals surface area contributed by atoms with Gasteiger partial charge in [0, 0.05) is 31.6 Å². The number of rotatable bonds is 3. The Morgan fingerprint density at radius 3 is 2.44 bits per heavy atom. The molecule has 0 amide bonds. The molecule has 1 saturated heterocycles. The molecular weight excluding hydrogens is 378 g/mol. The Labute approximate surface area is 155 Å². The van der Waals surface area contributed by atoms with Crippen LogP contribution >= 0.6 is 22.9 Å². The highest BCUT2D eigenvalue weighted by molar-refractivity contribution is 7.91. The number of benzene rings is 1. The lowest BCUT2D eigenvalue weighted by Gasteiger charge is -2.34. The highest BCUT2D eigenvalue weighted by atomic mass is 35.5. The van der Waals surface area contributed by atoms with Crippen molar-refractivity contribution in [3.05, 3.63) is 52.9 Å². The molecule has 0 aliphatic carbocycles. The second-order valence-corrected chi connectivity index (χ2v) is 9.69. The molecule has 0 saturated carbocycles. The fourth-order valence-electron chi connectivity index (χ4n) is 2.95. The Kier molecular flexibility index (Phi) is 4.41. The summed E-state index contributed by atoms with van der Waals surface area (Å²) < 4.78 is 27.6. The molecule has 0 unspecified atom stereocenters. The van der Waals surface area contributed by atoms with Crippen LogP contribution in [0, 0.1) is 0 Å². The molecule has 1 aromatic carbocycles. The number of aromatic nitrogens is 1. The zero-order valence-electron chi connectivity index (χ0n) is 13.3. The first-order chi connectivity index (χ1) is 12.0. The average molecular weight is 394 g/mol. The summed E-state index contributed by atoms with van der Waals surface area (Å²) in [4.78, 5) is 6.82. The highest BCUT2D eigenvalue weighted by Gasteiger charge is 2.30. The van der Waals surface area contributed by atoms with Crippen LogP contribution in [0.4, 0.5) is 5.82 Å². The first-order valence-electron chi connectivity index (χ1n) is 7.90. The van der Waals surface area contributed by atoms with E-state index in [0.717, 1.165) is 28.1 Å². The van der Waals surface area contributed by atoms with Gasteiger partial charge in [-0.3, -0.25) is 0 Å². The van der Waals surface area contributed by atoms with Crippen molar-refractivity contribution in [1.29, 1.82) is 0 Å². The van der Waals surface area contributed by atoms with Gasteiger partial charge in [0.2, 0.25) is 0 Å². The van der Waals surface area contributed by atoms with Crippen molar-refractivity contribution < 1.29 is 8.42 Å². The number of piperazine rings is 1. The van der Waals surface area contributed by atoms with Crippen LogP contribution in [0.5, 0.6) is 0 Å². The van der Waals surface area contributed by atoms with Gasteiger partial charge in [-0.15, -0.1) is 11.3 Å². The predicted octanol–water partition coefficient (Wildman–Crippen LogP) is 3.46. The minimum absolute atomic E-state index is 0.301. The van der Waals surface area contributed by atoms with Crippen molar-refractivity contribution in [3.8, 4) is 0 Å². The van der Waals surface area contributed by atoms with Crippen molar-refractivity contribution in [2.45, 2.75) is 4.21 Å². The Morgan fingerprint density at radius 1 is 0.960 bits per heavy atom. The van der Waals surface area contributed by atoms with Gasteiger partial charge in [-0.25, -0.2) is 13.4 Å². The monoisotopic (exact) mass is 393 g/mol. The topological polar surface area (TPSA) is 53.5 Å². The summed E-state index contributed by atoms with van der Waals surface area (Å²) in [5.74, 6) is 0.884. The molecule has 4 rings (SSSR count). The van der Waals surface area contributed by atoms with Crippen molar-refractivity contribution in [2.24, 2.45) is 0 Å². The first kappa shape index (κ1) is 16.8. The molecular formula is C17H16ClN3O2S2. The molecule has 25 heavy (non-hydrogen) atoms. The van der Waals surface area contributed by atoms with E-state index in [9.17, 15) is 8.42 Å². The summed E-state index contributed by atoms with van der Waals surface area (Å²) in [5.41, 5.74) is 0.947. The van der Waals surface area contributed by atoms with E-state index in [-0.39, 0.29) is 0 Å². The molecule has 3 heterocycles. The Morgan fingerprint density at radius 2 is 1.72 bits per heavy atom. The summed E-state index contributed by atoms with van der Waals surface area (Å²) in [7, 11) is -3.46. The molecule has 0 N–H and O–H groups in total. The third-order valence-electron chi connectivity index (χ3n) is 4.29. The van der Waals surface area contributed by atoms with E-state index < -0.39 is 10.0 Å². The number of thiophene rings is 1. The number of anilines is 1. The Hall–Kier alpha value is -1.67. The van der Waals surface area contributed by atoms with Gasteiger partial charge in [-0.05, 0) is 30.3 Å². The summed E-state index contributed by atoms with van der Waals surface area (Å²) in [5, 5.41) is 1.10. The lowest BCUT2D eigenvalue weighted by Crippen LogP contribution is -2.48. The maximum Gasteiger partial charge on any atom is 0.252 e. The minimum atomic E-state index is -3.46. The lowest BCUT2D eigenvalue weighted by atomic mass is 10.2. The van der Waals surface area contributed by atoms with Crippen LogP contribution in [-0.2, 0) is 10.0 Å². The van der Waals surface area contributed by atoms with Gasteiger partial charge in [0.15, 0.2) is 0 Å². The molecule has 8 heteroatoms. The standard InChI is InChI=1S/C17H16ClN3O2S2/c18-15-6-8-17(24-15)25(22,23)21-11-9-20(10-12-21)16-7-5-13-3-1-2-4-14(13)19-16/h1-8H,9-12H2. The summed E-state index contributed by atoms with van der Waals surface area (Å²) in [6, 6.07) is 15.2. The number of hydrogen-bond donors (Lipinski definition) is 0. The fraction of sp³-hybridized carbons (Fsp3) is 0.235. The number of para-hydroxylation sites is 1. The van der Waals surface area contributed by atoms with Crippen LogP contribution in [0.25, 0.3) is 10.9 Å². The Balaban J connectivity index is 1.50. The third kappa shape index (κ3) is 3.25. The number of pyridine rings is 1. The molecule has 5 nitrogen and oxygen atoms in total. The number of halogens is 1. The molecule has 2 aromatic heterocycles. The normalized spacial score (nSPS) is 16.4. The zero-order chi connectivity index (χ0) is 17.4. The van der Waals surface area contributed by atoms with Crippen molar-refractivity contribution in [2.75, 3.05) is 31.1 Å². The number of nitrogens with zero attached hydrogens (tertiary/aromatic N) is 3. The minimum Gasteiger partial charge on any atom is -0.354 e. The molecule has 130 valence electrons. The van der Waals surface area contributed by atoms with Crippen LogP contribution in [0.15, 0.2) is 52.7 Å². The molecule has 1 aliphatic rings. The predicted molar refractivity (Wildman–Crippen MR) is 102 cm³/mol. The quantitative estimate of drug-likeness (QED) is 0.683. The second kappa shape index (κ2) is 6.57. The van der Waals surface area contributed by atoms with Crippen LogP contribution < -0.4 is 4.90 Å². The molecule has 1 fully saturated rings. The molecule has 1 aliphatic heterocycles. The summed E-state index contributed by atoms with van der Waals surface area (Å²) in [6.45, 7) is 2.10. The maximum atomic E-state index is 12.7. The van der Waals surface area contributed by atoms with E-state index in [1.54, 1.807) is 12.1 Å². The fourth-order valence-corrected chi connectivity index (χ4v) is 6.01. The van der Waals surface area contributed by atoms with E-state index in [4.69, 9.17) is 16.6 Å². The maximum absolute atomic E-state index is 12.7.